The molecule has 0 aliphatic heterocycles. The number of pyridine rings is 1. The van der Waals surface area contributed by atoms with Crippen molar-refractivity contribution in [2.75, 3.05) is 6.54 Å². The van der Waals surface area contributed by atoms with E-state index in [9.17, 15) is 4.79 Å². The van der Waals surface area contributed by atoms with Gasteiger partial charge in [-0.2, -0.15) is 0 Å². The Hall–Kier alpha value is -2.51. The lowest BCUT2D eigenvalue weighted by atomic mass is 10.1. The summed E-state index contributed by atoms with van der Waals surface area (Å²) in [7, 11) is 0. The summed E-state index contributed by atoms with van der Waals surface area (Å²) in [5, 5.41) is 3.94. The van der Waals surface area contributed by atoms with E-state index in [1.165, 1.54) is 6.20 Å². The first-order valence-electron chi connectivity index (χ1n) is 7.36. The molecule has 0 aromatic carbocycles. The van der Waals surface area contributed by atoms with Crippen molar-refractivity contribution >= 4 is 28.4 Å². The fourth-order valence-corrected chi connectivity index (χ4v) is 2.37. The number of nitrogens with one attached hydrogen (secondary N) is 2. The van der Waals surface area contributed by atoms with E-state index >= 15 is 0 Å². The molecule has 124 valence electrons. The van der Waals surface area contributed by atoms with Crippen LogP contribution < -0.4 is 11.1 Å². The number of hydrogen-bond donors (Lipinski definition) is 3. The van der Waals surface area contributed by atoms with E-state index in [1.807, 2.05) is 26.0 Å². The van der Waals surface area contributed by atoms with E-state index < -0.39 is 5.54 Å². The molecule has 0 saturated heterocycles. The molecule has 0 radical (unpaired) electrons. The van der Waals surface area contributed by atoms with Crippen molar-refractivity contribution in [2.45, 2.75) is 19.4 Å². The normalized spacial score (nSPS) is 11.7. The van der Waals surface area contributed by atoms with Crippen molar-refractivity contribution in [1.29, 1.82) is 0 Å². The fraction of sp³-hybridized carbons (Fsp3) is 0.250. The molecule has 0 unspecified atom stereocenters. The summed E-state index contributed by atoms with van der Waals surface area (Å²) >= 11 is 6.08. The predicted molar refractivity (Wildman–Crippen MR) is 92.7 cm³/mol. The first kappa shape index (κ1) is 16.4. The number of rotatable bonds is 4. The lowest BCUT2D eigenvalue weighted by Crippen LogP contribution is -2.45. The third-order valence-electron chi connectivity index (χ3n) is 3.35. The minimum Gasteiger partial charge on any atom is -0.353 e. The zero-order valence-electron chi connectivity index (χ0n) is 13.3. The summed E-state index contributed by atoms with van der Waals surface area (Å²) in [6.45, 7) is 4.00. The SMILES string of the molecule is CC(C)(N)CNC(=O)c1cncc(-c2cc3c(Cl)nccc3[nH]2)n1. The molecule has 0 spiro atoms. The number of aromatic amines is 1. The molecule has 0 fully saturated rings. The highest BCUT2D eigenvalue weighted by atomic mass is 35.5. The Balaban J connectivity index is 1.89. The van der Waals surface area contributed by atoms with E-state index in [0.717, 1.165) is 10.9 Å². The van der Waals surface area contributed by atoms with Crippen LogP contribution in [0.15, 0.2) is 30.7 Å². The van der Waals surface area contributed by atoms with E-state index in [-0.39, 0.29) is 11.6 Å². The highest BCUT2D eigenvalue weighted by Crippen LogP contribution is 2.26. The smallest absolute Gasteiger partial charge is 0.271 e. The number of nitrogens with two attached hydrogens (primary N) is 1. The molecule has 7 nitrogen and oxygen atoms in total. The minimum absolute atomic E-state index is 0.222. The molecule has 0 atom stereocenters. The monoisotopic (exact) mass is 344 g/mol. The molecular weight excluding hydrogens is 328 g/mol. The molecule has 1 amide bonds. The highest BCUT2D eigenvalue weighted by Gasteiger charge is 2.16. The standard InChI is InChI=1S/C16H17ClN6O/c1-16(2,18)8-21-15(24)13-7-19-6-12(23-13)11-5-9-10(22-11)3-4-20-14(9)17/h3-7,22H,8,18H2,1-2H3,(H,21,24). The average Bonchev–Trinajstić information content (AvgIpc) is 2.98. The molecule has 0 bridgehead atoms. The first-order chi connectivity index (χ1) is 11.3. The predicted octanol–water partition coefficient (Wildman–Crippen LogP) is 2.14. The van der Waals surface area contributed by atoms with Crippen molar-refractivity contribution in [3.63, 3.8) is 0 Å². The zero-order valence-corrected chi connectivity index (χ0v) is 14.1. The Morgan fingerprint density at radius 3 is 2.92 bits per heavy atom. The molecule has 0 saturated carbocycles. The number of carbonyl (C=O) groups is 1. The minimum atomic E-state index is -0.498. The van der Waals surface area contributed by atoms with Crippen LogP contribution in [-0.2, 0) is 0 Å². The quantitative estimate of drug-likeness (QED) is 0.628. The van der Waals surface area contributed by atoms with Crippen LogP contribution in [0.25, 0.3) is 22.3 Å². The van der Waals surface area contributed by atoms with Crippen molar-refractivity contribution in [2.24, 2.45) is 5.73 Å². The summed E-state index contributed by atoms with van der Waals surface area (Å²) in [6, 6.07) is 3.65. The third-order valence-corrected chi connectivity index (χ3v) is 3.65. The van der Waals surface area contributed by atoms with Gasteiger partial charge in [-0.05, 0) is 26.0 Å². The summed E-state index contributed by atoms with van der Waals surface area (Å²) in [6.07, 6.45) is 4.62. The van der Waals surface area contributed by atoms with Crippen LogP contribution >= 0.6 is 11.6 Å². The van der Waals surface area contributed by atoms with Crippen LogP contribution in [0, 0.1) is 0 Å². The van der Waals surface area contributed by atoms with Crippen LogP contribution in [0.2, 0.25) is 5.15 Å². The van der Waals surface area contributed by atoms with Gasteiger partial charge in [-0.3, -0.25) is 9.78 Å². The molecule has 3 heterocycles. The molecule has 24 heavy (non-hydrogen) atoms. The van der Waals surface area contributed by atoms with Crippen LogP contribution in [0.3, 0.4) is 0 Å². The lowest BCUT2D eigenvalue weighted by Gasteiger charge is -2.18. The van der Waals surface area contributed by atoms with E-state index in [1.54, 1.807) is 12.4 Å². The van der Waals surface area contributed by atoms with Gasteiger partial charge in [0.2, 0.25) is 0 Å². The molecular formula is C16H17ClN6O. The lowest BCUT2D eigenvalue weighted by molar-refractivity contribution is 0.0940. The van der Waals surface area contributed by atoms with Crippen LogP contribution in [0.5, 0.6) is 0 Å². The molecule has 0 aliphatic carbocycles. The van der Waals surface area contributed by atoms with Gasteiger partial charge in [0.25, 0.3) is 5.91 Å². The van der Waals surface area contributed by atoms with Gasteiger partial charge in [0, 0.05) is 23.7 Å². The van der Waals surface area contributed by atoms with Gasteiger partial charge in [-0.15, -0.1) is 0 Å². The number of amides is 1. The Morgan fingerprint density at radius 2 is 2.21 bits per heavy atom. The number of fused-ring (bicyclic) bond motifs is 1. The molecule has 3 aromatic heterocycles. The van der Waals surface area contributed by atoms with Gasteiger partial charge in [-0.1, -0.05) is 11.6 Å². The first-order valence-corrected chi connectivity index (χ1v) is 7.74. The topological polar surface area (TPSA) is 110 Å². The summed E-state index contributed by atoms with van der Waals surface area (Å²) < 4.78 is 0. The van der Waals surface area contributed by atoms with Gasteiger partial charge >= 0.3 is 0 Å². The number of hydrogen-bond acceptors (Lipinski definition) is 5. The molecule has 8 heteroatoms. The van der Waals surface area contributed by atoms with Gasteiger partial charge in [-0.25, -0.2) is 9.97 Å². The Kier molecular flexibility index (Phi) is 4.21. The van der Waals surface area contributed by atoms with Gasteiger partial charge < -0.3 is 16.0 Å². The molecule has 3 aromatic rings. The Bertz CT molecular complexity index is 899. The van der Waals surface area contributed by atoms with Crippen molar-refractivity contribution < 1.29 is 4.79 Å². The van der Waals surface area contributed by atoms with E-state index in [4.69, 9.17) is 17.3 Å². The third kappa shape index (κ3) is 3.52. The Morgan fingerprint density at radius 1 is 1.42 bits per heavy atom. The van der Waals surface area contributed by atoms with E-state index in [0.29, 0.717) is 23.1 Å². The van der Waals surface area contributed by atoms with Crippen LogP contribution in [-0.4, -0.2) is 37.9 Å². The fourth-order valence-electron chi connectivity index (χ4n) is 2.16. The Labute approximate surface area is 143 Å². The van der Waals surface area contributed by atoms with Crippen molar-refractivity contribution in [1.82, 2.24) is 25.3 Å². The van der Waals surface area contributed by atoms with Crippen molar-refractivity contribution in [3.8, 4) is 11.4 Å². The molecule has 3 rings (SSSR count). The maximum absolute atomic E-state index is 12.2. The van der Waals surface area contributed by atoms with Crippen molar-refractivity contribution in [3.05, 3.63) is 41.6 Å². The van der Waals surface area contributed by atoms with Gasteiger partial charge in [0.15, 0.2) is 0 Å². The number of aromatic nitrogens is 4. The van der Waals surface area contributed by atoms with E-state index in [2.05, 4.69) is 25.3 Å². The largest absolute Gasteiger partial charge is 0.353 e. The number of halogens is 1. The zero-order chi connectivity index (χ0) is 17.3. The number of H-pyrrole nitrogens is 1. The molecule has 4 N–H and O–H groups in total. The van der Waals surface area contributed by atoms with Crippen LogP contribution in [0.4, 0.5) is 0 Å². The summed E-state index contributed by atoms with van der Waals surface area (Å²) in [5.74, 6) is -0.321. The maximum atomic E-state index is 12.2. The number of carbonyl (C=O) groups excluding carboxylic acids is 1. The van der Waals surface area contributed by atoms with Gasteiger partial charge in [0.1, 0.15) is 16.5 Å². The molecule has 0 aliphatic rings. The highest BCUT2D eigenvalue weighted by molar-refractivity contribution is 6.34. The van der Waals surface area contributed by atoms with Gasteiger partial charge in [0.05, 0.1) is 23.6 Å². The maximum Gasteiger partial charge on any atom is 0.271 e. The average molecular weight is 345 g/mol. The second-order valence-electron chi connectivity index (χ2n) is 6.21. The number of nitrogens with zero attached hydrogens (tertiary/aromatic N) is 3. The summed E-state index contributed by atoms with van der Waals surface area (Å²) in [4.78, 5) is 27.9. The second-order valence-corrected chi connectivity index (χ2v) is 6.56. The summed E-state index contributed by atoms with van der Waals surface area (Å²) in [5.41, 5.74) is 7.68. The van der Waals surface area contributed by atoms with Crippen LogP contribution in [0.1, 0.15) is 24.3 Å². The second kappa shape index (κ2) is 6.18.